The first kappa shape index (κ1) is 19.2. The van der Waals surface area contributed by atoms with Crippen LogP contribution in [0.4, 0.5) is 0 Å². The fourth-order valence-corrected chi connectivity index (χ4v) is 4.30. The van der Waals surface area contributed by atoms with Crippen molar-refractivity contribution < 1.29 is 9.21 Å². The Bertz CT molecular complexity index is 1090. The second-order valence-corrected chi connectivity index (χ2v) is 8.68. The zero-order chi connectivity index (χ0) is 20.7. The lowest BCUT2D eigenvalue weighted by Gasteiger charge is -2.19. The summed E-state index contributed by atoms with van der Waals surface area (Å²) in [4.78, 5) is 13.1. The summed E-state index contributed by atoms with van der Waals surface area (Å²) in [6, 6.07) is 10.8. The highest BCUT2D eigenvalue weighted by Crippen LogP contribution is 2.39. The van der Waals surface area contributed by atoms with Crippen LogP contribution in [0.25, 0.3) is 0 Å². The van der Waals surface area contributed by atoms with E-state index >= 15 is 0 Å². The molecule has 3 aromatic rings. The molecule has 2 N–H and O–H groups in total. The molecule has 1 amide bonds. The topological polar surface area (TPSA) is 103 Å². The summed E-state index contributed by atoms with van der Waals surface area (Å²) in [6.07, 6.45) is 4.33. The number of carbonyl (C=O) groups excluding carboxylic acids is 1. The van der Waals surface area contributed by atoms with Gasteiger partial charge in [0.05, 0.1) is 17.7 Å². The van der Waals surface area contributed by atoms with Crippen LogP contribution in [0.5, 0.6) is 0 Å². The van der Waals surface area contributed by atoms with E-state index in [0.717, 1.165) is 29.9 Å². The largest absolute Gasteiger partial charge is 0.467 e. The van der Waals surface area contributed by atoms with Crippen molar-refractivity contribution in [2.75, 3.05) is 11.6 Å². The van der Waals surface area contributed by atoms with E-state index in [2.05, 4.69) is 15.3 Å². The molecule has 1 fully saturated rings. The molecule has 1 unspecified atom stereocenters. The molecule has 0 spiro atoms. The van der Waals surface area contributed by atoms with Crippen molar-refractivity contribution >= 4 is 35.0 Å². The van der Waals surface area contributed by atoms with Gasteiger partial charge in [0.25, 0.3) is 5.91 Å². The number of hydrogen-bond acceptors (Lipinski definition) is 7. The molecule has 2 aliphatic rings. The molecule has 1 aromatic carbocycles. The Morgan fingerprint density at radius 3 is 2.73 bits per heavy atom. The van der Waals surface area contributed by atoms with E-state index in [4.69, 9.17) is 21.9 Å². The number of nitrogen functional groups attached to an aromatic ring is 1. The third-order valence-electron chi connectivity index (χ3n) is 5.17. The third-order valence-corrected chi connectivity index (χ3v) is 6.35. The second-order valence-electron chi connectivity index (χ2n) is 7.30. The number of hydrogen-bond donors (Lipinski definition) is 1. The Morgan fingerprint density at radius 2 is 2.03 bits per heavy atom. The Morgan fingerprint density at radius 1 is 1.23 bits per heavy atom. The summed E-state index contributed by atoms with van der Waals surface area (Å²) in [5.41, 5.74) is 1.74. The van der Waals surface area contributed by atoms with Gasteiger partial charge in [-0.05, 0) is 42.7 Å². The number of nitrogens with zero attached hydrogens (tertiary/aromatic N) is 5. The first-order chi connectivity index (χ1) is 14.6. The van der Waals surface area contributed by atoms with E-state index in [-0.39, 0.29) is 17.7 Å². The molecule has 8 nitrogen and oxygen atoms in total. The molecule has 1 aliphatic heterocycles. The number of hydrazone groups is 1. The molecule has 10 heteroatoms. The number of aromatic nitrogens is 3. The molecule has 0 bridgehead atoms. The highest BCUT2D eigenvalue weighted by molar-refractivity contribution is 7.99. The summed E-state index contributed by atoms with van der Waals surface area (Å²) in [5, 5.41) is 15.6. The van der Waals surface area contributed by atoms with Crippen molar-refractivity contribution in [1.82, 2.24) is 19.9 Å². The van der Waals surface area contributed by atoms with Gasteiger partial charge in [-0.3, -0.25) is 4.79 Å². The third kappa shape index (κ3) is 3.70. The fourth-order valence-electron chi connectivity index (χ4n) is 3.46. The molecule has 2 aromatic heterocycles. The van der Waals surface area contributed by atoms with Crippen molar-refractivity contribution in [3.8, 4) is 0 Å². The molecule has 30 heavy (non-hydrogen) atoms. The number of furan rings is 1. The van der Waals surface area contributed by atoms with Gasteiger partial charge >= 0.3 is 0 Å². The molecular formula is C20H19ClN6O2S. The monoisotopic (exact) mass is 442 g/mol. The Hall–Kier alpha value is -2.78. The van der Waals surface area contributed by atoms with Crippen LogP contribution >= 0.6 is 23.4 Å². The van der Waals surface area contributed by atoms with Gasteiger partial charge in [0.2, 0.25) is 5.16 Å². The smallest absolute Gasteiger partial charge is 0.253 e. The summed E-state index contributed by atoms with van der Waals surface area (Å²) in [7, 11) is 0. The van der Waals surface area contributed by atoms with Crippen molar-refractivity contribution in [3.05, 3.63) is 64.8 Å². The summed E-state index contributed by atoms with van der Waals surface area (Å²) in [6.45, 7) is 0. The number of amides is 1. The number of benzene rings is 1. The predicted molar refractivity (Wildman–Crippen MR) is 114 cm³/mol. The van der Waals surface area contributed by atoms with Crippen molar-refractivity contribution in [3.63, 3.8) is 0 Å². The van der Waals surface area contributed by atoms with Gasteiger partial charge in [0.1, 0.15) is 11.8 Å². The van der Waals surface area contributed by atoms with E-state index < -0.39 is 0 Å². The number of rotatable bonds is 6. The molecule has 1 saturated carbocycles. The lowest BCUT2D eigenvalue weighted by atomic mass is 10.0. The van der Waals surface area contributed by atoms with Gasteiger partial charge < -0.3 is 10.3 Å². The number of carbonyl (C=O) groups is 1. The first-order valence-electron chi connectivity index (χ1n) is 9.62. The minimum atomic E-state index is -0.295. The van der Waals surface area contributed by atoms with Gasteiger partial charge in [-0.25, -0.2) is 9.69 Å². The molecule has 1 aliphatic carbocycles. The number of halogens is 1. The predicted octanol–water partition coefficient (Wildman–Crippen LogP) is 3.59. The molecule has 154 valence electrons. The van der Waals surface area contributed by atoms with Gasteiger partial charge in [0.15, 0.2) is 5.82 Å². The van der Waals surface area contributed by atoms with Gasteiger partial charge in [0, 0.05) is 17.4 Å². The molecule has 5 rings (SSSR count). The van der Waals surface area contributed by atoms with E-state index in [1.165, 1.54) is 21.4 Å². The Balaban J connectivity index is 1.35. The van der Waals surface area contributed by atoms with Crippen molar-refractivity contribution in [1.29, 1.82) is 0 Å². The van der Waals surface area contributed by atoms with Crippen LogP contribution in [-0.2, 0) is 4.79 Å². The average Bonchev–Trinajstić information content (AvgIpc) is 3.15. The summed E-state index contributed by atoms with van der Waals surface area (Å²) < 4.78 is 7.07. The van der Waals surface area contributed by atoms with Crippen LogP contribution < -0.4 is 5.84 Å². The first-order valence-corrected chi connectivity index (χ1v) is 11.0. The lowest BCUT2D eigenvalue weighted by molar-refractivity contribution is -0.130. The Kier molecular flexibility index (Phi) is 5.00. The molecule has 1 atom stereocenters. The fraction of sp³-hybridized carbons (Fsp3) is 0.300. The zero-order valence-electron chi connectivity index (χ0n) is 15.9. The maximum absolute atomic E-state index is 13.1. The quantitative estimate of drug-likeness (QED) is 0.462. The SMILES string of the molecule is Nn1c(SCC(=O)N2N=C(c3ccc(Cl)cc3)CC2c2ccco2)nnc1C1CC1. The van der Waals surface area contributed by atoms with Gasteiger partial charge in [-0.2, -0.15) is 5.10 Å². The summed E-state index contributed by atoms with van der Waals surface area (Å²) in [5.74, 6) is 7.95. The van der Waals surface area contributed by atoms with Crippen LogP contribution in [0.1, 0.15) is 48.4 Å². The maximum atomic E-state index is 13.1. The number of thioether (sulfide) groups is 1. The normalized spacial score (nSPS) is 18.6. The molecule has 3 heterocycles. The average molecular weight is 443 g/mol. The second kappa shape index (κ2) is 7.81. The zero-order valence-corrected chi connectivity index (χ0v) is 17.5. The van der Waals surface area contributed by atoms with E-state index in [1.54, 1.807) is 6.26 Å². The van der Waals surface area contributed by atoms with Crippen LogP contribution in [0.3, 0.4) is 0 Å². The molecule has 0 saturated heterocycles. The number of nitrogens with two attached hydrogens (primary N) is 1. The van der Waals surface area contributed by atoms with Gasteiger partial charge in [-0.15, -0.1) is 10.2 Å². The van der Waals surface area contributed by atoms with Crippen LogP contribution in [0, 0.1) is 0 Å². The van der Waals surface area contributed by atoms with E-state index in [0.29, 0.717) is 28.3 Å². The highest BCUT2D eigenvalue weighted by Gasteiger charge is 2.35. The Labute approximate surface area is 182 Å². The van der Waals surface area contributed by atoms with Gasteiger partial charge in [-0.1, -0.05) is 35.5 Å². The lowest BCUT2D eigenvalue weighted by Crippen LogP contribution is -2.28. The maximum Gasteiger partial charge on any atom is 0.253 e. The van der Waals surface area contributed by atoms with Crippen LogP contribution in [0.15, 0.2) is 57.3 Å². The minimum absolute atomic E-state index is 0.147. The van der Waals surface area contributed by atoms with Crippen LogP contribution in [-0.4, -0.2) is 37.3 Å². The van der Waals surface area contributed by atoms with Crippen LogP contribution in [0.2, 0.25) is 5.02 Å². The highest BCUT2D eigenvalue weighted by atomic mass is 35.5. The van der Waals surface area contributed by atoms with E-state index in [1.807, 2.05) is 36.4 Å². The van der Waals surface area contributed by atoms with Crippen molar-refractivity contribution in [2.45, 2.75) is 36.4 Å². The molecular weight excluding hydrogens is 424 g/mol. The standard InChI is InChI=1S/C20H19ClN6O2S/c21-14-7-5-12(6-8-14)15-10-16(17-2-1-9-29-17)27(25-15)18(28)11-30-20-24-23-19(26(20)22)13-3-4-13/h1-2,5-9,13,16H,3-4,10-11,22H2. The molecule has 0 radical (unpaired) electrons. The van der Waals surface area contributed by atoms with E-state index in [9.17, 15) is 4.79 Å². The summed E-state index contributed by atoms with van der Waals surface area (Å²) >= 11 is 7.26. The van der Waals surface area contributed by atoms with Crippen molar-refractivity contribution in [2.24, 2.45) is 5.10 Å². The minimum Gasteiger partial charge on any atom is -0.467 e.